The summed E-state index contributed by atoms with van der Waals surface area (Å²) in [7, 11) is 0. The molecule has 0 bridgehead atoms. The van der Waals surface area contributed by atoms with Crippen LogP contribution in [-0.2, 0) is 0 Å². The van der Waals surface area contributed by atoms with Crippen molar-refractivity contribution in [2.75, 3.05) is 10.6 Å². The van der Waals surface area contributed by atoms with Crippen molar-refractivity contribution < 1.29 is 4.79 Å². The van der Waals surface area contributed by atoms with Gasteiger partial charge in [-0.3, -0.25) is 4.79 Å². The van der Waals surface area contributed by atoms with Crippen molar-refractivity contribution in [3.05, 3.63) is 77.2 Å². The minimum absolute atomic E-state index is 0.232. The molecule has 0 aliphatic carbocycles. The molecular weight excluding hydrogens is 326 g/mol. The molecule has 0 aliphatic heterocycles. The Morgan fingerprint density at radius 1 is 1.04 bits per heavy atom. The van der Waals surface area contributed by atoms with Gasteiger partial charge in [-0.2, -0.15) is 5.26 Å². The van der Waals surface area contributed by atoms with Gasteiger partial charge in [-0.25, -0.2) is 9.97 Å². The lowest BCUT2D eigenvalue weighted by Gasteiger charge is -2.09. The lowest BCUT2D eigenvalue weighted by atomic mass is 10.1. The smallest absolute Gasteiger partial charge is 0.274 e. The average molecular weight is 343 g/mol. The number of nitrogens with one attached hydrogen (secondary N) is 2. The second kappa shape index (κ2) is 7.45. The molecule has 1 aromatic heterocycles. The fourth-order valence-corrected chi connectivity index (χ4v) is 2.62. The molecule has 2 N–H and O–H groups in total. The van der Waals surface area contributed by atoms with Crippen LogP contribution >= 0.6 is 0 Å². The Morgan fingerprint density at radius 3 is 2.50 bits per heavy atom. The number of rotatable bonds is 4. The summed E-state index contributed by atoms with van der Waals surface area (Å²) in [5.74, 6) is 0.113. The zero-order valence-corrected chi connectivity index (χ0v) is 14.4. The van der Waals surface area contributed by atoms with Crippen LogP contribution in [-0.4, -0.2) is 15.9 Å². The van der Waals surface area contributed by atoms with Crippen LogP contribution in [0.3, 0.4) is 0 Å². The summed E-state index contributed by atoms with van der Waals surface area (Å²) in [5, 5.41) is 15.1. The van der Waals surface area contributed by atoms with Crippen molar-refractivity contribution in [2.45, 2.75) is 13.8 Å². The number of hydrogen-bond acceptors (Lipinski definition) is 5. The van der Waals surface area contributed by atoms with E-state index in [1.165, 1.54) is 6.33 Å². The van der Waals surface area contributed by atoms with E-state index in [1.54, 1.807) is 24.3 Å². The maximum Gasteiger partial charge on any atom is 0.274 e. The van der Waals surface area contributed by atoms with Crippen molar-refractivity contribution in [1.29, 1.82) is 5.26 Å². The van der Waals surface area contributed by atoms with Gasteiger partial charge in [-0.05, 0) is 49.2 Å². The third-order valence-corrected chi connectivity index (χ3v) is 3.69. The first-order valence-electron chi connectivity index (χ1n) is 8.03. The van der Waals surface area contributed by atoms with E-state index < -0.39 is 0 Å². The Kier molecular flexibility index (Phi) is 4.90. The first-order chi connectivity index (χ1) is 12.5. The van der Waals surface area contributed by atoms with Crippen molar-refractivity contribution in [3.63, 3.8) is 0 Å². The third-order valence-electron chi connectivity index (χ3n) is 3.69. The summed E-state index contributed by atoms with van der Waals surface area (Å²) in [5.41, 5.74) is 4.20. The highest BCUT2D eigenvalue weighted by molar-refractivity contribution is 6.03. The highest BCUT2D eigenvalue weighted by atomic mass is 16.1. The van der Waals surface area contributed by atoms with Crippen LogP contribution < -0.4 is 10.6 Å². The fourth-order valence-electron chi connectivity index (χ4n) is 2.62. The zero-order chi connectivity index (χ0) is 18.5. The minimum Gasteiger partial charge on any atom is -0.339 e. The third kappa shape index (κ3) is 4.02. The molecular formula is C20H17N5O. The Bertz CT molecular complexity index is 987. The van der Waals surface area contributed by atoms with Gasteiger partial charge in [0.2, 0.25) is 0 Å². The lowest BCUT2D eigenvalue weighted by molar-refractivity contribution is 0.102. The second-order valence-electron chi connectivity index (χ2n) is 5.90. The molecule has 0 radical (unpaired) electrons. The quantitative estimate of drug-likeness (QED) is 0.748. The van der Waals surface area contributed by atoms with Crippen LogP contribution in [0.1, 0.15) is 27.2 Å². The van der Waals surface area contributed by atoms with Crippen LogP contribution in [0, 0.1) is 25.2 Å². The summed E-state index contributed by atoms with van der Waals surface area (Å²) in [6, 6.07) is 16.6. The molecule has 6 heteroatoms. The Labute approximate surface area is 151 Å². The molecule has 3 rings (SSSR count). The van der Waals surface area contributed by atoms with Gasteiger partial charge in [0.15, 0.2) is 0 Å². The van der Waals surface area contributed by atoms with Crippen LogP contribution in [0.2, 0.25) is 0 Å². The number of nitrogens with zero attached hydrogens (tertiary/aromatic N) is 3. The van der Waals surface area contributed by atoms with Crippen LogP contribution in [0.15, 0.2) is 54.9 Å². The Morgan fingerprint density at radius 2 is 1.77 bits per heavy atom. The maximum absolute atomic E-state index is 12.5. The van der Waals surface area contributed by atoms with Gasteiger partial charge in [-0.15, -0.1) is 0 Å². The van der Waals surface area contributed by atoms with E-state index in [0.29, 0.717) is 17.1 Å². The predicted molar refractivity (Wildman–Crippen MR) is 100 cm³/mol. The second-order valence-corrected chi connectivity index (χ2v) is 5.90. The first kappa shape index (κ1) is 17.1. The SMILES string of the molecule is Cc1cc(C)cc(NC(=O)c2cc(Nc3ccccc3C#N)ncn2)c1. The molecule has 2 aromatic carbocycles. The summed E-state index contributed by atoms with van der Waals surface area (Å²) < 4.78 is 0. The van der Waals surface area contributed by atoms with Crippen LogP contribution in [0.25, 0.3) is 0 Å². The van der Waals surface area contributed by atoms with E-state index in [9.17, 15) is 4.79 Å². The number of carbonyl (C=O) groups is 1. The van der Waals surface area contributed by atoms with E-state index in [-0.39, 0.29) is 11.6 Å². The highest BCUT2D eigenvalue weighted by Gasteiger charge is 2.11. The van der Waals surface area contributed by atoms with E-state index in [2.05, 4.69) is 26.7 Å². The van der Waals surface area contributed by atoms with E-state index in [1.807, 2.05) is 38.1 Å². The molecule has 0 atom stereocenters. The minimum atomic E-state index is -0.325. The normalized spacial score (nSPS) is 10.0. The largest absolute Gasteiger partial charge is 0.339 e. The zero-order valence-electron chi connectivity index (χ0n) is 14.4. The number of benzene rings is 2. The summed E-state index contributed by atoms with van der Waals surface area (Å²) in [6.07, 6.45) is 1.31. The van der Waals surface area contributed by atoms with E-state index >= 15 is 0 Å². The molecule has 6 nitrogen and oxygen atoms in total. The van der Waals surface area contributed by atoms with Crippen molar-refractivity contribution in [3.8, 4) is 6.07 Å². The number of nitriles is 1. The van der Waals surface area contributed by atoms with Gasteiger partial charge < -0.3 is 10.6 Å². The van der Waals surface area contributed by atoms with Crippen LogP contribution in [0.5, 0.6) is 0 Å². The molecule has 1 amide bonds. The molecule has 0 saturated heterocycles. The Hall–Kier alpha value is -3.72. The lowest BCUT2D eigenvalue weighted by Crippen LogP contribution is -2.14. The molecule has 0 fully saturated rings. The number of hydrogen-bond donors (Lipinski definition) is 2. The fraction of sp³-hybridized carbons (Fsp3) is 0.100. The molecule has 0 unspecified atom stereocenters. The van der Waals surface area contributed by atoms with Gasteiger partial charge in [-0.1, -0.05) is 18.2 Å². The first-order valence-corrected chi connectivity index (χ1v) is 8.03. The van der Waals surface area contributed by atoms with Crippen molar-refractivity contribution in [1.82, 2.24) is 9.97 Å². The maximum atomic E-state index is 12.5. The predicted octanol–water partition coefficient (Wildman–Crippen LogP) is 3.96. The van der Waals surface area contributed by atoms with Crippen molar-refractivity contribution >= 4 is 23.1 Å². The highest BCUT2D eigenvalue weighted by Crippen LogP contribution is 2.19. The molecule has 0 spiro atoms. The molecule has 0 saturated carbocycles. The number of aryl methyl sites for hydroxylation is 2. The number of anilines is 3. The summed E-state index contributed by atoms with van der Waals surface area (Å²) >= 11 is 0. The molecule has 0 aliphatic rings. The topological polar surface area (TPSA) is 90.7 Å². The summed E-state index contributed by atoms with van der Waals surface area (Å²) in [4.78, 5) is 20.6. The van der Waals surface area contributed by atoms with Gasteiger partial charge in [0, 0.05) is 11.8 Å². The van der Waals surface area contributed by atoms with E-state index in [0.717, 1.165) is 16.8 Å². The number of carbonyl (C=O) groups excluding carboxylic acids is 1. The monoisotopic (exact) mass is 343 g/mol. The molecule has 3 aromatic rings. The van der Waals surface area contributed by atoms with E-state index in [4.69, 9.17) is 5.26 Å². The molecule has 1 heterocycles. The standard InChI is InChI=1S/C20H17N5O/c1-13-7-14(2)9-16(8-13)24-20(26)18-10-19(23-12-22-18)25-17-6-4-3-5-15(17)11-21/h3-10,12H,1-2H3,(H,24,26)(H,22,23,25). The number of aromatic nitrogens is 2. The van der Waals surface area contributed by atoms with Crippen LogP contribution in [0.4, 0.5) is 17.2 Å². The molecule has 128 valence electrons. The van der Waals surface area contributed by atoms with Gasteiger partial charge >= 0.3 is 0 Å². The molecule has 26 heavy (non-hydrogen) atoms. The average Bonchev–Trinajstić information content (AvgIpc) is 2.61. The number of amides is 1. The number of para-hydroxylation sites is 1. The Balaban J connectivity index is 1.80. The van der Waals surface area contributed by atoms with Crippen molar-refractivity contribution in [2.24, 2.45) is 0 Å². The van der Waals surface area contributed by atoms with Gasteiger partial charge in [0.1, 0.15) is 23.9 Å². The van der Waals surface area contributed by atoms with Gasteiger partial charge in [0.25, 0.3) is 5.91 Å². The summed E-state index contributed by atoms with van der Waals surface area (Å²) in [6.45, 7) is 3.95. The van der Waals surface area contributed by atoms with Gasteiger partial charge in [0.05, 0.1) is 11.3 Å².